The Hall–Kier alpha value is -1.17. The Morgan fingerprint density at radius 3 is 0.614 bits per heavy atom. The van der Waals surface area contributed by atoms with Crippen LogP contribution in [0.1, 0.15) is 202 Å². The third kappa shape index (κ3) is 24.5. The summed E-state index contributed by atoms with van der Waals surface area (Å²) >= 11 is 0. The van der Waals surface area contributed by atoms with Crippen LogP contribution in [0.5, 0.6) is 0 Å². The molecule has 0 saturated heterocycles. The predicted octanol–water partition coefficient (Wildman–Crippen LogP) is 11.4. The van der Waals surface area contributed by atoms with Crippen LogP contribution in [0.15, 0.2) is 48.5 Å². The average Bonchev–Trinajstić information content (AvgIpc) is 3.28. The van der Waals surface area contributed by atoms with Gasteiger partial charge in [0.15, 0.2) is 0 Å². The molecule has 2 aromatic rings. The van der Waals surface area contributed by atoms with Crippen molar-refractivity contribution in [2.45, 2.75) is 238 Å². The Bertz CT molecular complexity index is 1390. The van der Waals surface area contributed by atoms with Gasteiger partial charge < -0.3 is 53.1 Å². The Morgan fingerprint density at radius 2 is 0.457 bits per heavy atom. The number of benzene rings is 2. The summed E-state index contributed by atoms with van der Waals surface area (Å²) in [6.45, 7) is 40.9. The van der Waals surface area contributed by atoms with Crippen LogP contribution in [-0.4, -0.2) is 111 Å². The molecular formula is C54H104O12Si4. The zero-order valence-corrected chi connectivity index (χ0v) is 51.7. The van der Waals surface area contributed by atoms with Gasteiger partial charge in [-0.05, 0) is 134 Å². The second-order valence-electron chi connectivity index (χ2n) is 19.6. The van der Waals surface area contributed by atoms with Crippen LogP contribution in [0, 0.1) is 0 Å². The third-order valence-electron chi connectivity index (χ3n) is 10.2. The molecule has 0 spiro atoms. The van der Waals surface area contributed by atoms with Gasteiger partial charge in [0.25, 0.3) is 0 Å². The first-order valence-corrected chi connectivity index (χ1v) is 34.3. The maximum Gasteiger partial charge on any atom is 0.537 e. The highest BCUT2D eigenvalue weighted by molar-refractivity contribution is 6.79. The Balaban J connectivity index is 0.000000710. The topological polar surface area (TPSA) is 111 Å². The van der Waals surface area contributed by atoms with E-state index in [0.717, 1.165) is 97.8 Å². The lowest BCUT2D eigenvalue weighted by Gasteiger charge is -2.37. The Morgan fingerprint density at radius 1 is 0.286 bits per heavy atom. The Labute approximate surface area is 433 Å². The molecule has 0 amide bonds. The SMILES string of the molecule is CC(C)O[Si](OC(C)C)(OC(C)C)c1cccc([Si](OC(C)C)(OC(C)C)OC(C)C)c1.CCCCO[Si](OCCCC)(OCCCC)c1cccc([Si](OCCCC)(OCCCC)OCCCC)c1. The standard InChI is InChI=1S/C30H58O6Si2.C24H46O6Si2/c1-7-13-22-31-37(32-23-14-8-2,33-24-15-9-3)29-20-19-21-30(28-29)38(34-25-16-10-4,35-26-17-11-5)36-27-18-12-6;1-17(2)25-31(26-18(3)4,27-19(5)6)23-14-13-15-24(16-23)32(28-20(7)8,29-21(9)10)30-22(11)12/h19-21,28H,7-18,22-27H2,1-6H3;13-22H,1-12H3. The molecule has 2 aromatic carbocycles. The molecule has 0 aliphatic heterocycles. The van der Waals surface area contributed by atoms with Crippen LogP contribution in [-0.2, 0) is 53.1 Å². The second kappa shape index (κ2) is 36.7. The highest BCUT2D eigenvalue weighted by atomic mass is 28.4. The van der Waals surface area contributed by atoms with Crippen molar-refractivity contribution in [2.24, 2.45) is 0 Å². The van der Waals surface area contributed by atoms with Crippen LogP contribution in [0.4, 0.5) is 0 Å². The summed E-state index contributed by atoms with van der Waals surface area (Å²) in [7, 11) is -12.8. The van der Waals surface area contributed by atoms with Gasteiger partial charge in [-0.15, -0.1) is 0 Å². The summed E-state index contributed by atoms with van der Waals surface area (Å²) in [6, 6.07) is 16.5. The number of hydrogen-bond donors (Lipinski definition) is 0. The summed E-state index contributed by atoms with van der Waals surface area (Å²) in [5, 5.41) is 3.73. The molecular weight excluding hydrogens is 953 g/mol. The molecule has 0 aromatic heterocycles. The summed E-state index contributed by atoms with van der Waals surface area (Å²) in [4.78, 5) is 0. The van der Waals surface area contributed by atoms with Crippen LogP contribution in [0.3, 0.4) is 0 Å². The molecule has 0 radical (unpaired) electrons. The van der Waals surface area contributed by atoms with Gasteiger partial charge in [0.05, 0.1) is 0 Å². The van der Waals surface area contributed by atoms with E-state index >= 15 is 0 Å². The van der Waals surface area contributed by atoms with Crippen molar-refractivity contribution in [3.05, 3.63) is 48.5 Å². The monoisotopic (exact) mass is 1060 g/mol. The lowest BCUT2D eigenvalue weighted by atomic mass is 10.4. The van der Waals surface area contributed by atoms with E-state index in [1.165, 1.54) is 0 Å². The summed E-state index contributed by atoms with van der Waals surface area (Å²) in [5.74, 6) is 0. The number of rotatable bonds is 40. The van der Waals surface area contributed by atoms with Crippen molar-refractivity contribution in [2.75, 3.05) is 39.6 Å². The van der Waals surface area contributed by atoms with E-state index in [1.54, 1.807) is 0 Å². The fourth-order valence-electron chi connectivity index (χ4n) is 7.09. The smallest absolute Gasteiger partial charge is 0.370 e. The van der Waals surface area contributed by atoms with E-state index in [-0.39, 0.29) is 36.6 Å². The summed E-state index contributed by atoms with van der Waals surface area (Å²) < 4.78 is 78.3. The van der Waals surface area contributed by atoms with Crippen LogP contribution in [0.2, 0.25) is 0 Å². The van der Waals surface area contributed by atoms with E-state index in [2.05, 4.69) is 71.9 Å². The lowest BCUT2D eigenvalue weighted by Crippen LogP contribution is -2.64. The molecule has 16 heteroatoms. The van der Waals surface area contributed by atoms with E-state index in [1.807, 2.05) is 101 Å². The van der Waals surface area contributed by atoms with Gasteiger partial charge in [-0.25, -0.2) is 0 Å². The zero-order chi connectivity index (χ0) is 52.6. The van der Waals surface area contributed by atoms with Gasteiger partial charge in [-0.3, -0.25) is 0 Å². The molecule has 0 bridgehead atoms. The fraction of sp³-hybridized carbons (Fsp3) is 0.778. The molecule has 0 saturated carbocycles. The maximum absolute atomic E-state index is 6.60. The first-order chi connectivity index (χ1) is 33.3. The highest BCUT2D eigenvalue weighted by Crippen LogP contribution is 2.23. The second-order valence-corrected chi connectivity index (χ2v) is 29.5. The van der Waals surface area contributed by atoms with Gasteiger partial charge in [-0.1, -0.05) is 116 Å². The van der Waals surface area contributed by atoms with Crippen LogP contribution in [0.25, 0.3) is 0 Å². The van der Waals surface area contributed by atoms with E-state index in [9.17, 15) is 0 Å². The van der Waals surface area contributed by atoms with Crippen molar-refractivity contribution >= 4 is 56.0 Å². The minimum Gasteiger partial charge on any atom is -0.370 e. The van der Waals surface area contributed by atoms with Crippen LogP contribution < -0.4 is 20.7 Å². The van der Waals surface area contributed by atoms with E-state index in [4.69, 9.17) is 53.1 Å². The zero-order valence-electron chi connectivity index (χ0n) is 47.7. The Kier molecular flexibility index (Phi) is 35.1. The normalized spacial score (nSPS) is 12.9. The molecule has 12 nitrogen and oxygen atoms in total. The molecule has 0 aliphatic carbocycles. The molecule has 0 heterocycles. The van der Waals surface area contributed by atoms with Gasteiger partial charge >= 0.3 is 35.2 Å². The van der Waals surface area contributed by atoms with E-state index in [0.29, 0.717) is 39.6 Å². The molecule has 0 aliphatic rings. The van der Waals surface area contributed by atoms with Crippen molar-refractivity contribution < 1.29 is 53.1 Å². The molecule has 2 rings (SSSR count). The first-order valence-electron chi connectivity index (χ1n) is 27.4. The average molecular weight is 1060 g/mol. The molecule has 408 valence electrons. The van der Waals surface area contributed by atoms with Crippen molar-refractivity contribution in [3.63, 3.8) is 0 Å². The maximum atomic E-state index is 6.60. The van der Waals surface area contributed by atoms with Crippen molar-refractivity contribution in [3.8, 4) is 0 Å². The molecule has 0 N–H and O–H groups in total. The van der Waals surface area contributed by atoms with Gasteiger partial charge in [0, 0.05) is 97.0 Å². The minimum absolute atomic E-state index is 0.0597. The van der Waals surface area contributed by atoms with Gasteiger partial charge in [0.1, 0.15) is 0 Å². The van der Waals surface area contributed by atoms with E-state index < -0.39 is 35.2 Å². The van der Waals surface area contributed by atoms with Crippen molar-refractivity contribution in [1.29, 1.82) is 0 Å². The first kappa shape index (κ1) is 66.8. The third-order valence-corrected chi connectivity index (χ3v) is 22.5. The summed E-state index contributed by atoms with van der Waals surface area (Å²) in [5.41, 5.74) is 0. The highest BCUT2D eigenvalue weighted by Gasteiger charge is 2.52. The fourth-order valence-corrected chi connectivity index (χ4v) is 18.8. The summed E-state index contributed by atoms with van der Waals surface area (Å²) in [6.07, 6.45) is 11.9. The molecule has 0 unspecified atom stereocenters. The lowest BCUT2D eigenvalue weighted by molar-refractivity contribution is 0.0153. The van der Waals surface area contributed by atoms with Crippen LogP contribution >= 0.6 is 0 Å². The number of unbranched alkanes of at least 4 members (excludes halogenated alkanes) is 6. The molecule has 0 atom stereocenters. The minimum atomic E-state index is -3.24. The predicted molar refractivity (Wildman–Crippen MR) is 297 cm³/mol. The largest absolute Gasteiger partial charge is 0.537 e. The van der Waals surface area contributed by atoms with Gasteiger partial charge in [-0.2, -0.15) is 0 Å². The van der Waals surface area contributed by atoms with Crippen molar-refractivity contribution in [1.82, 2.24) is 0 Å². The quantitative estimate of drug-likeness (QED) is 0.0468. The van der Waals surface area contributed by atoms with Gasteiger partial charge in [0.2, 0.25) is 0 Å². The molecule has 0 fully saturated rings. The number of hydrogen-bond acceptors (Lipinski definition) is 12. The molecule has 70 heavy (non-hydrogen) atoms.